The second kappa shape index (κ2) is 9.23. The maximum atomic E-state index is 13.0. The van der Waals surface area contributed by atoms with Crippen molar-refractivity contribution in [2.75, 3.05) is 11.4 Å². The molecular formula is C23H37N3O4. The van der Waals surface area contributed by atoms with Crippen LogP contribution in [0.15, 0.2) is 18.3 Å². The van der Waals surface area contributed by atoms with E-state index >= 15 is 0 Å². The molecule has 2 rings (SSSR count). The van der Waals surface area contributed by atoms with Gasteiger partial charge in [-0.2, -0.15) is 0 Å². The van der Waals surface area contributed by atoms with E-state index < -0.39 is 17.3 Å². The zero-order valence-corrected chi connectivity index (χ0v) is 19.7. The van der Waals surface area contributed by atoms with Gasteiger partial charge in [-0.15, -0.1) is 0 Å². The Kier molecular flexibility index (Phi) is 7.37. The maximum Gasteiger partial charge on any atom is 0.416 e. The van der Waals surface area contributed by atoms with Gasteiger partial charge in [0.25, 0.3) is 0 Å². The first-order valence-electron chi connectivity index (χ1n) is 10.8. The third kappa shape index (κ3) is 6.34. The number of pyridine rings is 1. The van der Waals surface area contributed by atoms with E-state index in [2.05, 4.69) is 4.98 Å². The van der Waals surface area contributed by atoms with Crippen LogP contribution in [0.2, 0.25) is 0 Å². The summed E-state index contributed by atoms with van der Waals surface area (Å²) in [7, 11) is 0. The van der Waals surface area contributed by atoms with Crippen molar-refractivity contribution < 1.29 is 19.1 Å². The van der Waals surface area contributed by atoms with Gasteiger partial charge in [0.15, 0.2) is 0 Å². The van der Waals surface area contributed by atoms with Gasteiger partial charge in [0.2, 0.25) is 0 Å². The SMILES string of the molecule is CC(C)N(C(=O)OC(C)(C)C)c1ncccc1[C@H]1CCCCN1C(=O)OC(C)(C)C. The van der Waals surface area contributed by atoms with Crippen LogP contribution < -0.4 is 4.90 Å². The predicted molar refractivity (Wildman–Crippen MR) is 118 cm³/mol. The topological polar surface area (TPSA) is 72.0 Å². The molecule has 0 unspecified atom stereocenters. The number of nitrogens with zero attached hydrogens (tertiary/aromatic N) is 3. The largest absolute Gasteiger partial charge is 0.444 e. The molecule has 0 saturated carbocycles. The van der Waals surface area contributed by atoms with Crippen molar-refractivity contribution in [2.45, 2.75) is 97.9 Å². The molecule has 1 fully saturated rings. The first-order chi connectivity index (χ1) is 13.8. The molecule has 2 heterocycles. The highest BCUT2D eigenvalue weighted by Crippen LogP contribution is 2.37. The number of aromatic nitrogens is 1. The molecule has 0 aliphatic carbocycles. The van der Waals surface area contributed by atoms with Gasteiger partial charge in [0.1, 0.15) is 17.0 Å². The lowest BCUT2D eigenvalue weighted by atomic mass is 9.95. The van der Waals surface area contributed by atoms with Gasteiger partial charge in [-0.1, -0.05) is 6.07 Å². The first kappa shape index (κ1) is 24.0. The molecule has 1 aromatic rings. The number of likely N-dealkylation sites (tertiary alicyclic amines) is 1. The minimum Gasteiger partial charge on any atom is -0.444 e. The molecule has 1 atom stereocenters. The second-order valence-corrected chi connectivity index (χ2v) is 10.0. The maximum absolute atomic E-state index is 13.0. The zero-order valence-electron chi connectivity index (χ0n) is 19.7. The Morgan fingerprint density at radius 2 is 1.73 bits per heavy atom. The molecular weight excluding hydrogens is 382 g/mol. The van der Waals surface area contributed by atoms with Gasteiger partial charge in [-0.25, -0.2) is 14.6 Å². The van der Waals surface area contributed by atoms with Gasteiger partial charge in [-0.3, -0.25) is 4.90 Å². The lowest BCUT2D eigenvalue weighted by Gasteiger charge is -2.39. The fourth-order valence-corrected chi connectivity index (χ4v) is 3.52. The van der Waals surface area contributed by atoms with E-state index in [1.165, 1.54) is 0 Å². The Bertz CT molecular complexity index is 750. The monoisotopic (exact) mass is 419 g/mol. The summed E-state index contributed by atoms with van der Waals surface area (Å²) in [5.74, 6) is 0.530. The fourth-order valence-electron chi connectivity index (χ4n) is 3.52. The summed E-state index contributed by atoms with van der Waals surface area (Å²) in [5, 5.41) is 0. The highest BCUT2D eigenvalue weighted by molar-refractivity contribution is 5.88. The highest BCUT2D eigenvalue weighted by Gasteiger charge is 2.36. The Balaban J connectivity index is 2.44. The minimum absolute atomic E-state index is 0.160. The van der Waals surface area contributed by atoms with E-state index in [9.17, 15) is 9.59 Å². The molecule has 168 valence electrons. The third-order valence-electron chi connectivity index (χ3n) is 4.64. The van der Waals surface area contributed by atoms with Gasteiger partial charge < -0.3 is 14.4 Å². The number of hydrogen-bond donors (Lipinski definition) is 0. The van der Waals surface area contributed by atoms with Crippen molar-refractivity contribution in [2.24, 2.45) is 0 Å². The summed E-state index contributed by atoms with van der Waals surface area (Å²) in [6.45, 7) is 15.6. The van der Waals surface area contributed by atoms with Crippen LogP contribution in [0.4, 0.5) is 15.4 Å². The average molecular weight is 420 g/mol. The van der Waals surface area contributed by atoms with Crippen molar-refractivity contribution in [3.63, 3.8) is 0 Å². The normalized spacial score (nSPS) is 17.6. The number of carbonyl (C=O) groups is 2. The molecule has 2 amide bonds. The van der Waals surface area contributed by atoms with Crippen LogP contribution in [-0.4, -0.2) is 45.9 Å². The molecule has 7 heteroatoms. The molecule has 0 spiro atoms. The average Bonchev–Trinajstić information content (AvgIpc) is 2.59. The summed E-state index contributed by atoms with van der Waals surface area (Å²) in [4.78, 5) is 33.8. The number of carbonyl (C=O) groups excluding carboxylic acids is 2. The molecule has 0 aromatic carbocycles. The van der Waals surface area contributed by atoms with E-state index in [4.69, 9.17) is 9.47 Å². The number of amides is 2. The number of anilines is 1. The summed E-state index contributed by atoms with van der Waals surface area (Å²) >= 11 is 0. The second-order valence-electron chi connectivity index (χ2n) is 10.0. The Morgan fingerprint density at radius 1 is 1.10 bits per heavy atom. The molecule has 0 bridgehead atoms. The summed E-state index contributed by atoms with van der Waals surface area (Å²) in [6.07, 6.45) is 3.59. The van der Waals surface area contributed by atoms with Gasteiger partial charge >= 0.3 is 12.2 Å². The van der Waals surface area contributed by atoms with Crippen LogP contribution in [-0.2, 0) is 9.47 Å². The van der Waals surface area contributed by atoms with Crippen LogP contribution >= 0.6 is 0 Å². The highest BCUT2D eigenvalue weighted by atomic mass is 16.6. The quantitative estimate of drug-likeness (QED) is 0.629. The molecule has 1 aromatic heterocycles. The number of piperidine rings is 1. The molecule has 0 radical (unpaired) electrons. The Morgan fingerprint density at radius 3 is 2.30 bits per heavy atom. The summed E-state index contributed by atoms with van der Waals surface area (Å²) in [5.41, 5.74) is -0.355. The number of ether oxygens (including phenoxy) is 2. The predicted octanol–water partition coefficient (Wildman–Crippen LogP) is 5.69. The van der Waals surface area contributed by atoms with E-state index in [-0.39, 0.29) is 18.2 Å². The molecule has 1 saturated heterocycles. The summed E-state index contributed by atoms with van der Waals surface area (Å²) in [6, 6.07) is 3.41. The standard InChI is InChI=1S/C23H37N3O4/c1-16(2)26(21(28)30-23(6,7)8)19-17(12-11-14-24-19)18-13-9-10-15-25(18)20(27)29-22(3,4)5/h11-12,14,16,18H,9-10,13,15H2,1-8H3/t18-/m1/s1. The van der Waals surface area contributed by atoms with Crippen molar-refractivity contribution in [3.8, 4) is 0 Å². The smallest absolute Gasteiger partial charge is 0.416 e. The molecule has 0 N–H and O–H groups in total. The number of rotatable bonds is 3. The Hall–Kier alpha value is -2.31. The lowest BCUT2D eigenvalue weighted by molar-refractivity contribution is 0.00955. The summed E-state index contributed by atoms with van der Waals surface area (Å²) < 4.78 is 11.3. The van der Waals surface area contributed by atoms with Gasteiger partial charge in [0, 0.05) is 24.3 Å². The first-order valence-corrected chi connectivity index (χ1v) is 10.8. The fraction of sp³-hybridized carbons (Fsp3) is 0.696. The van der Waals surface area contributed by atoms with Crippen molar-refractivity contribution in [1.82, 2.24) is 9.88 Å². The lowest BCUT2D eigenvalue weighted by Crippen LogP contribution is -2.44. The minimum atomic E-state index is -0.618. The number of hydrogen-bond acceptors (Lipinski definition) is 5. The van der Waals surface area contributed by atoms with Crippen LogP contribution in [0.5, 0.6) is 0 Å². The molecule has 1 aliphatic rings. The van der Waals surface area contributed by atoms with Crippen molar-refractivity contribution in [1.29, 1.82) is 0 Å². The molecule has 30 heavy (non-hydrogen) atoms. The van der Waals surface area contributed by atoms with E-state index in [1.807, 2.05) is 67.5 Å². The van der Waals surface area contributed by atoms with Crippen molar-refractivity contribution in [3.05, 3.63) is 23.9 Å². The van der Waals surface area contributed by atoms with Crippen LogP contribution in [0.3, 0.4) is 0 Å². The molecule has 7 nitrogen and oxygen atoms in total. The zero-order chi connectivity index (χ0) is 22.7. The third-order valence-corrected chi connectivity index (χ3v) is 4.64. The van der Waals surface area contributed by atoms with E-state index in [0.717, 1.165) is 24.8 Å². The Labute approximate surface area is 180 Å². The van der Waals surface area contributed by atoms with Crippen LogP contribution in [0.1, 0.15) is 86.3 Å². The van der Waals surface area contributed by atoms with Crippen molar-refractivity contribution >= 4 is 18.0 Å². The van der Waals surface area contributed by atoms with E-state index in [0.29, 0.717) is 12.4 Å². The van der Waals surface area contributed by atoms with Crippen LogP contribution in [0.25, 0.3) is 0 Å². The van der Waals surface area contributed by atoms with Crippen LogP contribution in [0, 0.1) is 0 Å². The van der Waals surface area contributed by atoms with E-state index in [1.54, 1.807) is 16.0 Å². The molecule has 1 aliphatic heterocycles. The van der Waals surface area contributed by atoms with Gasteiger partial charge in [0.05, 0.1) is 6.04 Å². The van der Waals surface area contributed by atoms with Gasteiger partial charge in [-0.05, 0) is 80.7 Å².